The molecule has 0 bridgehead atoms. The van der Waals surface area contributed by atoms with Gasteiger partial charge in [0.05, 0.1) is 6.42 Å². The van der Waals surface area contributed by atoms with Gasteiger partial charge in [0.2, 0.25) is 0 Å². The van der Waals surface area contributed by atoms with Crippen LogP contribution < -0.4 is 0 Å². The summed E-state index contributed by atoms with van der Waals surface area (Å²) in [7, 11) is 0. The molecule has 0 aliphatic heterocycles. The van der Waals surface area contributed by atoms with E-state index in [-0.39, 0.29) is 12.1 Å². The first-order chi connectivity index (χ1) is 8.26. The van der Waals surface area contributed by atoms with Crippen LogP contribution in [0.5, 0.6) is 0 Å². The Balaban J connectivity index is 2.37. The summed E-state index contributed by atoms with van der Waals surface area (Å²) in [5.41, 5.74) is 1.02. The van der Waals surface area contributed by atoms with Crippen molar-refractivity contribution in [3.05, 3.63) is 35.9 Å². The van der Waals surface area contributed by atoms with E-state index >= 15 is 0 Å². The van der Waals surface area contributed by atoms with E-state index in [9.17, 15) is 4.79 Å². The van der Waals surface area contributed by atoms with Gasteiger partial charge in [-0.2, -0.15) is 0 Å². The molecule has 2 heteroatoms. The summed E-state index contributed by atoms with van der Waals surface area (Å²) in [6.07, 6.45) is 4.62. The van der Waals surface area contributed by atoms with Gasteiger partial charge in [0, 0.05) is 0 Å². The van der Waals surface area contributed by atoms with Gasteiger partial charge in [-0.05, 0) is 18.4 Å². The number of hydrogen-bond donors (Lipinski definition) is 0. The number of carbonyl (C=O) groups excluding carboxylic acids is 1. The molecule has 0 saturated heterocycles. The Bertz CT molecular complexity index is 319. The van der Waals surface area contributed by atoms with E-state index in [0.717, 1.165) is 31.2 Å². The van der Waals surface area contributed by atoms with Crippen LogP contribution in [-0.2, 0) is 16.0 Å². The predicted molar refractivity (Wildman–Crippen MR) is 69.8 cm³/mol. The molecule has 0 aromatic heterocycles. The minimum absolute atomic E-state index is 0.0890. The van der Waals surface area contributed by atoms with Gasteiger partial charge in [-0.15, -0.1) is 0 Å². The number of hydrogen-bond acceptors (Lipinski definition) is 2. The standard InChI is InChI=1S/C15H22O2/c1-3-5-11-14(4-2)17-15(16)12-13-9-7-6-8-10-13/h6-10,14H,3-5,11-12H2,1-2H3/t14-/m1/s1. The lowest BCUT2D eigenvalue weighted by Gasteiger charge is -2.15. The zero-order chi connectivity index (χ0) is 12.5. The Morgan fingerprint density at radius 2 is 1.94 bits per heavy atom. The molecule has 1 aromatic rings. The molecule has 2 nitrogen and oxygen atoms in total. The molecule has 0 aliphatic rings. The van der Waals surface area contributed by atoms with E-state index in [1.807, 2.05) is 30.3 Å². The number of carbonyl (C=O) groups is 1. The van der Waals surface area contributed by atoms with Gasteiger partial charge in [-0.3, -0.25) is 4.79 Å². The van der Waals surface area contributed by atoms with Gasteiger partial charge in [0.15, 0.2) is 0 Å². The first kappa shape index (κ1) is 13.8. The second-order valence-corrected chi connectivity index (χ2v) is 4.32. The van der Waals surface area contributed by atoms with Crippen LogP contribution in [-0.4, -0.2) is 12.1 Å². The Hall–Kier alpha value is -1.31. The number of esters is 1. The van der Waals surface area contributed by atoms with Crippen LogP contribution in [0.2, 0.25) is 0 Å². The third-order valence-electron chi connectivity index (χ3n) is 2.82. The summed E-state index contributed by atoms with van der Waals surface area (Å²) in [6, 6.07) is 9.74. The van der Waals surface area contributed by atoms with E-state index < -0.39 is 0 Å². The van der Waals surface area contributed by atoms with E-state index in [4.69, 9.17) is 4.74 Å². The fourth-order valence-corrected chi connectivity index (χ4v) is 1.77. The minimum Gasteiger partial charge on any atom is -0.462 e. The van der Waals surface area contributed by atoms with E-state index in [1.54, 1.807) is 0 Å². The molecule has 0 fully saturated rings. The van der Waals surface area contributed by atoms with Crippen LogP contribution in [0.25, 0.3) is 0 Å². The second kappa shape index (κ2) is 7.88. The number of ether oxygens (including phenoxy) is 1. The first-order valence-corrected chi connectivity index (χ1v) is 6.49. The van der Waals surface area contributed by atoms with Crippen molar-refractivity contribution >= 4 is 5.97 Å². The molecule has 94 valence electrons. The predicted octanol–water partition coefficient (Wildman–Crippen LogP) is 3.74. The van der Waals surface area contributed by atoms with Gasteiger partial charge >= 0.3 is 5.97 Å². The largest absolute Gasteiger partial charge is 0.462 e. The highest BCUT2D eigenvalue weighted by atomic mass is 16.5. The molecular weight excluding hydrogens is 212 g/mol. The highest BCUT2D eigenvalue weighted by Gasteiger charge is 2.12. The molecule has 0 aliphatic carbocycles. The zero-order valence-corrected chi connectivity index (χ0v) is 10.8. The van der Waals surface area contributed by atoms with Gasteiger partial charge in [-0.1, -0.05) is 57.0 Å². The monoisotopic (exact) mass is 234 g/mol. The maximum atomic E-state index is 11.7. The van der Waals surface area contributed by atoms with Crippen molar-refractivity contribution in [3.8, 4) is 0 Å². The van der Waals surface area contributed by atoms with Crippen LogP contribution >= 0.6 is 0 Å². The summed E-state index contributed by atoms with van der Waals surface area (Å²) in [6.45, 7) is 4.22. The average Bonchev–Trinajstić information content (AvgIpc) is 2.35. The summed E-state index contributed by atoms with van der Waals surface area (Å²) >= 11 is 0. The van der Waals surface area contributed by atoms with Crippen molar-refractivity contribution in [1.82, 2.24) is 0 Å². The Kier molecular flexibility index (Phi) is 6.38. The summed E-state index contributed by atoms with van der Waals surface area (Å²) in [5, 5.41) is 0. The summed E-state index contributed by atoms with van der Waals surface area (Å²) < 4.78 is 5.47. The van der Waals surface area contributed by atoms with E-state index in [1.165, 1.54) is 0 Å². The average molecular weight is 234 g/mol. The van der Waals surface area contributed by atoms with Crippen LogP contribution in [0.3, 0.4) is 0 Å². The normalized spacial score (nSPS) is 12.1. The Morgan fingerprint density at radius 3 is 2.53 bits per heavy atom. The lowest BCUT2D eigenvalue weighted by Crippen LogP contribution is -2.18. The third kappa shape index (κ3) is 5.53. The van der Waals surface area contributed by atoms with Gasteiger partial charge in [-0.25, -0.2) is 0 Å². The van der Waals surface area contributed by atoms with E-state index in [2.05, 4.69) is 13.8 Å². The van der Waals surface area contributed by atoms with Crippen molar-refractivity contribution < 1.29 is 9.53 Å². The van der Waals surface area contributed by atoms with Crippen molar-refractivity contribution in [1.29, 1.82) is 0 Å². The quantitative estimate of drug-likeness (QED) is 0.672. The van der Waals surface area contributed by atoms with Gasteiger partial charge in [0.25, 0.3) is 0 Å². The lowest BCUT2D eigenvalue weighted by atomic mass is 10.1. The van der Waals surface area contributed by atoms with Crippen LogP contribution in [0, 0.1) is 0 Å². The SMILES string of the molecule is CCCC[C@@H](CC)OC(=O)Cc1ccccc1. The molecule has 0 heterocycles. The maximum Gasteiger partial charge on any atom is 0.310 e. The molecule has 1 rings (SSSR count). The third-order valence-corrected chi connectivity index (χ3v) is 2.82. The lowest BCUT2D eigenvalue weighted by molar-refractivity contribution is -0.148. The number of rotatable bonds is 7. The minimum atomic E-state index is -0.112. The van der Waals surface area contributed by atoms with E-state index in [0.29, 0.717) is 6.42 Å². The molecule has 0 radical (unpaired) electrons. The number of unbranched alkanes of at least 4 members (excludes halogenated alkanes) is 1. The molecule has 0 saturated carbocycles. The topological polar surface area (TPSA) is 26.3 Å². The molecule has 0 spiro atoms. The zero-order valence-electron chi connectivity index (χ0n) is 10.8. The first-order valence-electron chi connectivity index (χ1n) is 6.49. The molecule has 1 aromatic carbocycles. The van der Waals surface area contributed by atoms with Crippen molar-refractivity contribution in [2.24, 2.45) is 0 Å². The molecule has 17 heavy (non-hydrogen) atoms. The van der Waals surface area contributed by atoms with Crippen molar-refractivity contribution in [3.63, 3.8) is 0 Å². The Labute approximate surface area is 104 Å². The van der Waals surface area contributed by atoms with Gasteiger partial charge in [0.1, 0.15) is 6.10 Å². The smallest absolute Gasteiger partial charge is 0.310 e. The molecular formula is C15H22O2. The molecule has 1 atom stereocenters. The highest BCUT2D eigenvalue weighted by Crippen LogP contribution is 2.10. The van der Waals surface area contributed by atoms with Crippen LogP contribution in [0.1, 0.15) is 45.1 Å². The van der Waals surface area contributed by atoms with Crippen molar-refractivity contribution in [2.45, 2.75) is 52.1 Å². The summed E-state index contributed by atoms with van der Waals surface area (Å²) in [4.78, 5) is 11.7. The molecule has 0 amide bonds. The molecule has 0 unspecified atom stereocenters. The summed E-state index contributed by atoms with van der Waals surface area (Å²) in [5.74, 6) is -0.112. The number of benzene rings is 1. The molecule has 0 N–H and O–H groups in total. The van der Waals surface area contributed by atoms with Crippen LogP contribution in [0.15, 0.2) is 30.3 Å². The Morgan fingerprint density at radius 1 is 1.24 bits per heavy atom. The maximum absolute atomic E-state index is 11.7. The fourth-order valence-electron chi connectivity index (χ4n) is 1.77. The van der Waals surface area contributed by atoms with Crippen LogP contribution in [0.4, 0.5) is 0 Å². The highest BCUT2D eigenvalue weighted by molar-refractivity contribution is 5.72. The fraction of sp³-hybridized carbons (Fsp3) is 0.533. The van der Waals surface area contributed by atoms with Gasteiger partial charge < -0.3 is 4.74 Å². The van der Waals surface area contributed by atoms with Crippen molar-refractivity contribution in [2.75, 3.05) is 0 Å². The second-order valence-electron chi connectivity index (χ2n) is 4.32.